The zero-order chi connectivity index (χ0) is 12.0. The van der Waals surface area contributed by atoms with Crippen LogP contribution in [0.2, 0.25) is 0 Å². The van der Waals surface area contributed by atoms with Crippen LogP contribution in [-0.4, -0.2) is 24.6 Å². The SMILES string of the molecule is CCCNCc1ccncc1N(C)C(C)C. The van der Waals surface area contributed by atoms with Crippen LogP contribution in [0.3, 0.4) is 0 Å². The minimum atomic E-state index is 0.495. The van der Waals surface area contributed by atoms with Gasteiger partial charge >= 0.3 is 0 Å². The fourth-order valence-corrected chi connectivity index (χ4v) is 1.56. The van der Waals surface area contributed by atoms with Crippen molar-refractivity contribution in [1.29, 1.82) is 0 Å². The molecule has 16 heavy (non-hydrogen) atoms. The van der Waals surface area contributed by atoms with E-state index in [1.807, 2.05) is 12.4 Å². The molecule has 0 spiro atoms. The maximum Gasteiger partial charge on any atom is 0.0598 e. The Morgan fingerprint density at radius 2 is 2.19 bits per heavy atom. The Hall–Kier alpha value is -1.09. The quantitative estimate of drug-likeness (QED) is 0.748. The monoisotopic (exact) mass is 221 g/mol. The van der Waals surface area contributed by atoms with Gasteiger partial charge in [-0.2, -0.15) is 0 Å². The molecule has 0 saturated heterocycles. The van der Waals surface area contributed by atoms with Crippen LogP contribution >= 0.6 is 0 Å². The van der Waals surface area contributed by atoms with E-state index in [1.54, 1.807) is 0 Å². The number of pyridine rings is 1. The molecule has 3 nitrogen and oxygen atoms in total. The van der Waals surface area contributed by atoms with Gasteiger partial charge in [0, 0.05) is 25.8 Å². The molecule has 90 valence electrons. The third kappa shape index (κ3) is 3.49. The molecule has 0 unspecified atom stereocenters. The van der Waals surface area contributed by atoms with Crippen molar-refractivity contribution in [2.75, 3.05) is 18.5 Å². The summed E-state index contributed by atoms with van der Waals surface area (Å²) in [5.41, 5.74) is 2.54. The second kappa shape index (κ2) is 6.48. The fourth-order valence-electron chi connectivity index (χ4n) is 1.56. The molecular formula is C13H23N3. The van der Waals surface area contributed by atoms with Gasteiger partial charge in [0.05, 0.1) is 11.9 Å². The lowest BCUT2D eigenvalue weighted by molar-refractivity contribution is 0.668. The highest BCUT2D eigenvalue weighted by Crippen LogP contribution is 2.19. The lowest BCUT2D eigenvalue weighted by Gasteiger charge is -2.26. The van der Waals surface area contributed by atoms with Crippen LogP contribution in [0, 0.1) is 0 Å². The van der Waals surface area contributed by atoms with Crippen LogP contribution in [0.5, 0.6) is 0 Å². The van der Waals surface area contributed by atoms with E-state index in [0.717, 1.165) is 13.1 Å². The standard InChI is InChI=1S/C13H23N3/c1-5-7-14-9-12-6-8-15-10-13(12)16(4)11(2)3/h6,8,10-11,14H,5,7,9H2,1-4H3. The number of hydrogen-bond donors (Lipinski definition) is 1. The number of rotatable bonds is 6. The molecule has 1 aromatic rings. The van der Waals surface area contributed by atoms with Crippen molar-refractivity contribution in [3.63, 3.8) is 0 Å². The van der Waals surface area contributed by atoms with E-state index in [1.165, 1.54) is 17.7 Å². The van der Waals surface area contributed by atoms with E-state index in [2.05, 4.69) is 49.1 Å². The zero-order valence-electron chi connectivity index (χ0n) is 10.8. The highest BCUT2D eigenvalue weighted by Gasteiger charge is 2.09. The number of nitrogens with one attached hydrogen (secondary N) is 1. The summed E-state index contributed by atoms with van der Waals surface area (Å²) in [5, 5.41) is 3.43. The summed E-state index contributed by atoms with van der Waals surface area (Å²) in [6.07, 6.45) is 4.98. The van der Waals surface area contributed by atoms with Gasteiger partial charge < -0.3 is 10.2 Å². The van der Waals surface area contributed by atoms with Crippen LogP contribution in [-0.2, 0) is 6.54 Å². The largest absolute Gasteiger partial charge is 0.371 e. The van der Waals surface area contributed by atoms with Gasteiger partial charge in [0.25, 0.3) is 0 Å². The van der Waals surface area contributed by atoms with Crippen LogP contribution in [0.15, 0.2) is 18.5 Å². The molecule has 0 aromatic carbocycles. The molecule has 0 saturated carbocycles. The summed E-state index contributed by atoms with van der Waals surface area (Å²) in [4.78, 5) is 6.47. The Labute approximate surface area is 98.9 Å². The molecule has 0 aliphatic heterocycles. The summed E-state index contributed by atoms with van der Waals surface area (Å²) in [5.74, 6) is 0. The Bertz CT molecular complexity index is 310. The van der Waals surface area contributed by atoms with Gasteiger partial charge in [-0.3, -0.25) is 4.98 Å². The summed E-state index contributed by atoms with van der Waals surface area (Å²) in [6, 6.07) is 2.59. The number of anilines is 1. The van der Waals surface area contributed by atoms with Gasteiger partial charge in [0.1, 0.15) is 0 Å². The summed E-state index contributed by atoms with van der Waals surface area (Å²) in [6.45, 7) is 8.54. The molecule has 3 heteroatoms. The molecule has 0 fully saturated rings. The first-order valence-electron chi connectivity index (χ1n) is 6.03. The fraction of sp³-hybridized carbons (Fsp3) is 0.615. The highest BCUT2D eigenvalue weighted by molar-refractivity contribution is 5.51. The summed E-state index contributed by atoms with van der Waals surface area (Å²) in [7, 11) is 2.12. The van der Waals surface area contributed by atoms with Crippen LogP contribution in [0.4, 0.5) is 5.69 Å². The minimum absolute atomic E-state index is 0.495. The van der Waals surface area contributed by atoms with Crippen molar-refractivity contribution >= 4 is 5.69 Å². The topological polar surface area (TPSA) is 28.2 Å². The van der Waals surface area contributed by atoms with Crippen LogP contribution < -0.4 is 10.2 Å². The van der Waals surface area contributed by atoms with Crippen molar-refractivity contribution in [2.45, 2.75) is 39.8 Å². The lowest BCUT2D eigenvalue weighted by Crippen LogP contribution is -2.27. The zero-order valence-corrected chi connectivity index (χ0v) is 10.8. The molecule has 0 atom stereocenters. The van der Waals surface area contributed by atoms with Crippen molar-refractivity contribution in [1.82, 2.24) is 10.3 Å². The molecule has 0 amide bonds. The van der Waals surface area contributed by atoms with E-state index >= 15 is 0 Å². The predicted octanol–water partition coefficient (Wildman–Crippen LogP) is 2.43. The van der Waals surface area contributed by atoms with E-state index in [4.69, 9.17) is 0 Å². The smallest absolute Gasteiger partial charge is 0.0598 e. The molecular weight excluding hydrogens is 198 g/mol. The number of hydrogen-bond acceptors (Lipinski definition) is 3. The van der Waals surface area contributed by atoms with E-state index in [0.29, 0.717) is 6.04 Å². The summed E-state index contributed by atoms with van der Waals surface area (Å²) >= 11 is 0. The van der Waals surface area contributed by atoms with Gasteiger partial charge in [-0.15, -0.1) is 0 Å². The molecule has 0 aliphatic rings. The maximum atomic E-state index is 4.21. The Balaban J connectivity index is 2.75. The van der Waals surface area contributed by atoms with Crippen molar-refractivity contribution in [3.8, 4) is 0 Å². The van der Waals surface area contributed by atoms with Gasteiger partial charge in [-0.25, -0.2) is 0 Å². The predicted molar refractivity (Wildman–Crippen MR) is 69.8 cm³/mol. The van der Waals surface area contributed by atoms with E-state index in [-0.39, 0.29) is 0 Å². The number of aromatic nitrogens is 1. The first-order valence-corrected chi connectivity index (χ1v) is 6.03. The Morgan fingerprint density at radius 1 is 1.44 bits per heavy atom. The third-order valence-corrected chi connectivity index (χ3v) is 2.78. The second-order valence-electron chi connectivity index (χ2n) is 4.39. The molecule has 1 rings (SSSR count). The molecule has 1 aromatic heterocycles. The Morgan fingerprint density at radius 3 is 2.81 bits per heavy atom. The maximum absolute atomic E-state index is 4.21. The average Bonchev–Trinajstić information content (AvgIpc) is 2.29. The Kier molecular flexibility index (Phi) is 5.26. The minimum Gasteiger partial charge on any atom is -0.371 e. The lowest BCUT2D eigenvalue weighted by atomic mass is 10.2. The van der Waals surface area contributed by atoms with Crippen molar-refractivity contribution in [3.05, 3.63) is 24.0 Å². The van der Waals surface area contributed by atoms with Gasteiger partial charge in [-0.05, 0) is 38.4 Å². The van der Waals surface area contributed by atoms with Gasteiger partial charge in [0.2, 0.25) is 0 Å². The van der Waals surface area contributed by atoms with E-state index < -0.39 is 0 Å². The van der Waals surface area contributed by atoms with Crippen LogP contribution in [0.1, 0.15) is 32.8 Å². The van der Waals surface area contributed by atoms with Crippen LogP contribution in [0.25, 0.3) is 0 Å². The second-order valence-corrected chi connectivity index (χ2v) is 4.39. The van der Waals surface area contributed by atoms with Crippen molar-refractivity contribution in [2.24, 2.45) is 0 Å². The van der Waals surface area contributed by atoms with Gasteiger partial charge in [0.15, 0.2) is 0 Å². The molecule has 0 aliphatic carbocycles. The molecule has 1 N–H and O–H groups in total. The van der Waals surface area contributed by atoms with Crippen molar-refractivity contribution < 1.29 is 0 Å². The third-order valence-electron chi connectivity index (χ3n) is 2.78. The van der Waals surface area contributed by atoms with Gasteiger partial charge in [-0.1, -0.05) is 6.92 Å². The normalized spacial score (nSPS) is 10.8. The molecule has 1 heterocycles. The molecule has 0 radical (unpaired) electrons. The average molecular weight is 221 g/mol. The van der Waals surface area contributed by atoms with E-state index in [9.17, 15) is 0 Å². The summed E-state index contributed by atoms with van der Waals surface area (Å²) < 4.78 is 0. The first kappa shape index (κ1) is 13.0. The first-order chi connectivity index (χ1) is 7.66. The highest BCUT2D eigenvalue weighted by atomic mass is 15.1. The molecule has 0 bridgehead atoms. The number of nitrogens with zero attached hydrogens (tertiary/aromatic N) is 2.